The summed E-state index contributed by atoms with van der Waals surface area (Å²) in [6.07, 6.45) is 7.37. The molecule has 3 heteroatoms. The van der Waals surface area contributed by atoms with Crippen LogP contribution in [0.4, 0.5) is 4.79 Å². The normalized spacial score (nSPS) is 8.15. The maximum absolute atomic E-state index is 9.15. The van der Waals surface area contributed by atoms with Gasteiger partial charge >= 0.3 is 6.16 Å². The molecule has 0 amide bonds. The molecule has 0 saturated carbocycles. The molecule has 0 atom stereocenters. The van der Waals surface area contributed by atoms with E-state index in [4.69, 9.17) is 9.90 Å². The third-order valence-electron chi connectivity index (χ3n) is 1.44. The SMILES string of the molecule is C=CCCCCCC.COC(=O)O. The topological polar surface area (TPSA) is 46.5 Å². The highest BCUT2D eigenvalue weighted by atomic mass is 16.6. The molecule has 0 spiro atoms. The highest BCUT2D eigenvalue weighted by Gasteiger charge is 1.81. The molecule has 1 N–H and O–H groups in total. The molecule has 0 unspecified atom stereocenters. The highest BCUT2D eigenvalue weighted by molar-refractivity contribution is 5.56. The number of allylic oxidation sites excluding steroid dienone is 1. The molecule has 0 aliphatic heterocycles. The molecule has 78 valence electrons. The quantitative estimate of drug-likeness (QED) is 0.408. The predicted octanol–water partition coefficient (Wildman–Crippen LogP) is 3.45. The van der Waals surface area contributed by atoms with E-state index in [9.17, 15) is 0 Å². The zero-order valence-corrected chi connectivity index (χ0v) is 8.58. The van der Waals surface area contributed by atoms with Gasteiger partial charge in [0.1, 0.15) is 0 Å². The third kappa shape index (κ3) is 24.7. The Kier molecular flexibility index (Phi) is 15.2. The third-order valence-corrected chi connectivity index (χ3v) is 1.44. The fourth-order valence-corrected chi connectivity index (χ4v) is 0.715. The van der Waals surface area contributed by atoms with E-state index in [0.29, 0.717) is 0 Å². The molecule has 3 nitrogen and oxygen atoms in total. The first-order valence-corrected chi connectivity index (χ1v) is 4.56. The van der Waals surface area contributed by atoms with E-state index in [1.165, 1.54) is 32.1 Å². The Bertz CT molecular complexity index is 121. The molecule has 0 aliphatic carbocycles. The van der Waals surface area contributed by atoms with Crippen LogP contribution in [0.3, 0.4) is 0 Å². The molecular weight excluding hydrogens is 168 g/mol. The average molecular weight is 188 g/mol. The molecule has 0 radical (unpaired) electrons. The van der Waals surface area contributed by atoms with Gasteiger partial charge in [0.25, 0.3) is 0 Å². The summed E-state index contributed by atoms with van der Waals surface area (Å²) < 4.78 is 3.67. The van der Waals surface area contributed by atoms with Crippen LogP contribution in [-0.4, -0.2) is 18.4 Å². The van der Waals surface area contributed by atoms with Crippen LogP contribution in [0.5, 0.6) is 0 Å². The van der Waals surface area contributed by atoms with E-state index in [2.05, 4.69) is 18.2 Å². The van der Waals surface area contributed by atoms with Gasteiger partial charge in [-0.15, -0.1) is 6.58 Å². The van der Waals surface area contributed by atoms with Gasteiger partial charge in [-0.3, -0.25) is 0 Å². The molecule has 0 aliphatic rings. The molecule has 0 aromatic heterocycles. The first-order valence-electron chi connectivity index (χ1n) is 4.56. The summed E-state index contributed by atoms with van der Waals surface area (Å²) in [6.45, 7) is 5.89. The second kappa shape index (κ2) is 13.6. The van der Waals surface area contributed by atoms with Crippen LogP contribution in [0.25, 0.3) is 0 Å². The molecule has 0 fully saturated rings. The van der Waals surface area contributed by atoms with E-state index in [1.807, 2.05) is 6.08 Å². The first kappa shape index (κ1) is 14.5. The maximum Gasteiger partial charge on any atom is 0.505 e. The van der Waals surface area contributed by atoms with Crippen molar-refractivity contribution in [3.63, 3.8) is 0 Å². The summed E-state index contributed by atoms with van der Waals surface area (Å²) in [5.41, 5.74) is 0. The fourth-order valence-electron chi connectivity index (χ4n) is 0.715. The van der Waals surface area contributed by atoms with Crippen molar-refractivity contribution < 1.29 is 14.6 Å². The number of hydrogen-bond acceptors (Lipinski definition) is 2. The fraction of sp³-hybridized carbons (Fsp3) is 0.700. The van der Waals surface area contributed by atoms with Crippen molar-refractivity contribution in [2.24, 2.45) is 0 Å². The van der Waals surface area contributed by atoms with E-state index in [-0.39, 0.29) is 0 Å². The average Bonchev–Trinajstić information content (AvgIpc) is 2.14. The molecular formula is C10H20O3. The summed E-state index contributed by atoms with van der Waals surface area (Å²) in [5, 5.41) is 7.50. The van der Waals surface area contributed by atoms with Gasteiger partial charge in [-0.25, -0.2) is 4.79 Å². The zero-order valence-electron chi connectivity index (χ0n) is 8.58. The van der Waals surface area contributed by atoms with Crippen molar-refractivity contribution in [2.75, 3.05) is 7.11 Å². The molecule has 0 rings (SSSR count). The van der Waals surface area contributed by atoms with Gasteiger partial charge in [-0.1, -0.05) is 32.3 Å². The molecule has 0 heterocycles. The second-order valence-electron chi connectivity index (χ2n) is 2.61. The van der Waals surface area contributed by atoms with Crippen molar-refractivity contribution in [2.45, 2.75) is 39.0 Å². The number of methoxy groups -OCH3 is 1. The summed E-state index contributed by atoms with van der Waals surface area (Å²) >= 11 is 0. The van der Waals surface area contributed by atoms with Crippen LogP contribution >= 0.6 is 0 Å². The van der Waals surface area contributed by atoms with Crippen LogP contribution in [0.2, 0.25) is 0 Å². The molecule has 13 heavy (non-hydrogen) atoms. The number of hydrogen-bond donors (Lipinski definition) is 1. The first-order chi connectivity index (χ1) is 6.18. The Morgan fingerprint density at radius 3 is 2.31 bits per heavy atom. The van der Waals surface area contributed by atoms with Crippen LogP contribution in [0.1, 0.15) is 39.0 Å². The van der Waals surface area contributed by atoms with Gasteiger partial charge in [-0.05, 0) is 12.8 Å². The minimum absolute atomic E-state index is 1.10. The number of ether oxygens (including phenoxy) is 1. The number of carboxylic acid groups (broad SMARTS) is 1. The van der Waals surface area contributed by atoms with Crippen LogP contribution in [-0.2, 0) is 4.74 Å². The van der Waals surface area contributed by atoms with Gasteiger partial charge in [0.05, 0.1) is 7.11 Å². The highest BCUT2D eigenvalue weighted by Crippen LogP contribution is 2.01. The van der Waals surface area contributed by atoms with E-state index >= 15 is 0 Å². The van der Waals surface area contributed by atoms with Crippen molar-refractivity contribution in [3.8, 4) is 0 Å². The molecule has 0 bridgehead atoms. The lowest BCUT2D eigenvalue weighted by Crippen LogP contribution is -1.91. The van der Waals surface area contributed by atoms with E-state index in [0.717, 1.165) is 7.11 Å². The lowest BCUT2D eigenvalue weighted by molar-refractivity contribution is 0.114. The Balaban J connectivity index is 0. The van der Waals surface area contributed by atoms with Crippen LogP contribution in [0, 0.1) is 0 Å². The number of rotatable bonds is 5. The van der Waals surface area contributed by atoms with Gasteiger partial charge in [0.15, 0.2) is 0 Å². The van der Waals surface area contributed by atoms with Crippen molar-refractivity contribution in [1.29, 1.82) is 0 Å². The van der Waals surface area contributed by atoms with Gasteiger partial charge < -0.3 is 9.84 Å². The van der Waals surface area contributed by atoms with E-state index in [1.54, 1.807) is 0 Å². The Labute approximate surface area is 80.4 Å². The smallest absolute Gasteiger partial charge is 0.450 e. The zero-order chi connectivity index (χ0) is 10.5. The molecule has 0 saturated heterocycles. The van der Waals surface area contributed by atoms with Crippen LogP contribution in [0.15, 0.2) is 12.7 Å². The van der Waals surface area contributed by atoms with Crippen molar-refractivity contribution in [3.05, 3.63) is 12.7 Å². The monoisotopic (exact) mass is 188 g/mol. The Morgan fingerprint density at radius 2 is 2.00 bits per heavy atom. The van der Waals surface area contributed by atoms with E-state index < -0.39 is 6.16 Å². The largest absolute Gasteiger partial charge is 0.505 e. The van der Waals surface area contributed by atoms with Gasteiger partial charge in [0.2, 0.25) is 0 Å². The lowest BCUT2D eigenvalue weighted by Gasteiger charge is -1.91. The number of carbonyl (C=O) groups is 1. The Morgan fingerprint density at radius 1 is 1.46 bits per heavy atom. The maximum atomic E-state index is 9.15. The second-order valence-corrected chi connectivity index (χ2v) is 2.61. The molecule has 0 aromatic carbocycles. The van der Waals surface area contributed by atoms with Crippen molar-refractivity contribution >= 4 is 6.16 Å². The standard InChI is InChI=1S/C8H16.C2H4O3/c1-3-5-7-8-6-4-2;1-5-2(3)4/h3H,1,4-8H2,2H3;1H3,(H,3,4). The summed E-state index contributed by atoms with van der Waals surface area (Å²) in [7, 11) is 1.10. The lowest BCUT2D eigenvalue weighted by atomic mass is 10.2. The van der Waals surface area contributed by atoms with Crippen LogP contribution < -0.4 is 0 Å². The van der Waals surface area contributed by atoms with Gasteiger partial charge in [0, 0.05) is 0 Å². The predicted molar refractivity (Wildman–Crippen MR) is 54.0 cm³/mol. The summed E-state index contributed by atoms with van der Waals surface area (Å²) in [4.78, 5) is 9.15. The Hall–Kier alpha value is -0.990. The number of unbranched alkanes of at least 4 members (excludes halogenated alkanes) is 4. The minimum atomic E-state index is -1.25. The van der Waals surface area contributed by atoms with Crippen molar-refractivity contribution in [1.82, 2.24) is 0 Å². The summed E-state index contributed by atoms with van der Waals surface area (Å²) in [5.74, 6) is 0. The summed E-state index contributed by atoms with van der Waals surface area (Å²) in [6, 6.07) is 0. The minimum Gasteiger partial charge on any atom is -0.450 e. The molecule has 0 aromatic rings. The van der Waals surface area contributed by atoms with Gasteiger partial charge in [-0.2, -0.15) is 0 Å².